The van der Waals surface area contributed by atoms with Crippen molar-refractivity contribution >= 4 is 27.7 Å². The van der Waals surface area contributed by atoms with Gasteiger partial charge in [0.25, 0.3) is 0 Å². The first-order valence-electron chi connectivity index (χ1n) is 2.47. The minimum atomic E-state index is 1.02. The lowest BCUT2D eigenvalue weighted by molar-refractivity contribution is 0.776. The third-order valence-electron chi connectivity index (χ3n) is 1.07. The van der Waals surface area contributed by atoms with Gasteiger partial charge < -0.3 is 4.57 Å². The first-order valence-corrected chi connectivity index (χ1v) is 4.48. The Balaban J connectivity index is 3.04. The highest BCUT2D eigenvalue weighted by Gasteiger charge is 1.99. The Morgan fingerprint density at radius 2 is 2.44 bits per heavy atom. The Labute approximate surface area is 66.8 Å². The van der Waals surface area contributed by atoms with Gasteiger partial charge in [-0.25, -0.2) is 4.98 Å². The number of rotatable bonds is 1. The molecule has 0 atom stereocenters. The molecule has 0 saturated heterocycles. The van der Waals surface area contributed by atoms with E-state index in [1.165, 1.54) is 0 Å². The molecule has 0 radical (unpaired) electrons. The molecule has 0 fully saturated rings. The highest BCUT2D eigenvalue weighted by molar-refractivity contribution is 9.10. The van der Waals surface area contributed by atoms with Crippen molar-refractivity contribution in [2.24, 2.45) is 7.05 Å². The number of hydrogen-bond donors (Lipinski definition) is 0. The van der Waals surface area contributed by atoms with Crippen molar-refractivity contribution in [3.05, 3.63) is 10.8 Å². The van der Waals surface area contributed by atoms with Crippen molar-refractivity contribution in [1.29, 1.82) is 0 Å². The molecule has 1 aromatic rings. The number of thioether (sulfide) groups is 1. The quantitative estimate of drug-likeness (QED) is 0.654. The predicted octanol–water partition coefficient (Wildman–Crippen LogP) is 1.90. The summed E-state index contributed by atoms with van der Waals surface area (Å²) in [5, 5.41) is 1.03. The fourth-order valence-electron chi connectivity index (χ4n) is 0.563. The van der Waals surface area contributed by atoms with Gasteiger partial charge in [-0.2, -0.15) is 0 Å². The van der Waals surface area contributed by atoms with E-state index < -0.39 is 0 Å². The highest BCUT2D eigenvalue weighted by Crippen LogP contribution is 2.16. The van der Waals surface area contributed by atoms with Crippen molar-refractivity contribution < 1.29 is 0 Å². The molecule has 0 aromatic carbocycles. The molecule has 1 aromatic heterocycles. The van der Waals surface area contributed by atoms with Crippen molar-refractivity contribution in [2.45, 2.75) is 5.16 Å². The van der Waals surface area contributed by atoms with E-state index in [0.717, 1.165) is 9.76 Å². The lowest BCUT2D eigenvalue weighted by atomic mass is 10.9. The van der Waals surface area contributed by atoms with E-state index >= 15 is 0 Å². The molecule has 0 unspecified atom stereocenters. The van der Waals surface area contributed by atoms with E-state index in [0.29, 0.717) is 0 Å². The van der Waals surface area contributed by atoms with Crippen LogP contribution in [0.15, 0.2) is 16.0 Å². The summed E-state index contributed by atoms with van der Waals surface area (Å²) < 4.78 is 3.01. The Morgan fingerprint density at radius 1 is 1.78 bits per heavy atom. The molecule has 50 valence electrons. The fraction of sp³-hybridized carbons (Fsp3) is 0.400. The first-order chi connectivity index (χ1) is 4.25. The van der Waals surface area contributed by atoms with E-state index in [4.69, 9.17) is 0 Å². The molecule has 2 nitrogen and oxygen atoms in total. The van der Waals surface area contributed by atoms with Crippen molar-refractivity contribution in [2.75, 3.05) is 6.26 Å². The Bertz CT molecular complexity index is 209. The minimum absolute atomic E-state index is 1.02. The average molecular weight is 207 g/mol. The standard InChI is InChI=1S/C5H7BrN2S/c1-8-4(6)3-7-5(8)9-2/h3H,1-2H3. The second-order valence-corrected chi connectivity index (χ2v) is 3.21. The van der Waals surface area contributed by atoms with Crippen LogP contribution in [-0.2, 0) is 7.05 Å². The van der Waals surface area contributed by atoms with Crippen LogP contribution < -0.4 is 0 Å². The highest BCUT2D eigenvalue weighted by atomic mass is 79.9. The van der Waals surface area contributed by atoms with Crippen LogP contribution in [0.25, 0.3) is 0 Å². The van der Waals surface area contributed by atoms with Gasteiger partial charge in [0.05, 0.1) is 6.20 Å². The lowest BCUT2D eigenvalue weighted by Gasteiger charge is -1.95. The summed E-state index contributed by atoms with van der Waals surface area (Å²) in [7, 11) is 1.98. The fourth-order valence-corrected chi connectivity index (χ4v) is 1.48. The third-order valence-corrected chi connectivity index (χ3v) is 2.55. The SMILES string of the molecule is CSc1ncc(Br)n1C. The lowest BCUT2D eigenvalue weighted by Crippen LogP contribution is -1.88. The summed E-state index contributed by atoms with van der Waals surface area (Å²) >= 11 is 4.98. The first kappa shape index (κ1) is 7.15. The van der Waals surface area contributed by atoms with Crippen LogP contribution in [0.3, 0.4) is 0 Å². The number of aromatic nitrogens is 2. The van der Waals surface area contributed by atoms with Crippen molar-refractivity contribution in [3.63, 3.8) is 0 Å². The minimum Gasteiger partial charge on any atom is -0.317 e. The van der Waals surface area contributed by atoms with Gasteiger partial charge in [0, 0.05) is 7.05 Å². The number of halogens is 1. The average Bonchev–Trinajstić information content (AvgIpc) is 2.15. The number of imidazole rings is 1. The van der Waals surface area contributed by atoms with Crippen LogP contribution >= 0.6 is 27.7 Å². The molecule has 0 spiro atoms. The smallest absolute Gasteiger partial charge is 0.168 e. The summed E-state index contributed by atoms with van der Waals surface area (Å²) in [6, 6.07) is 0. The zero-order valence-electron chi connectivity index (χ0n) is 5.26. The van der Waals surface area contributed by atoms with Crippen molar-refractivity contribution in [3.8, 4) is 0 Å². The van der Waals surface area contributed by atoms with Crippen molar-refractivity contribution in [1.82, 2.24) is 9.55 Å². The van der Waals surface area contributed by atoms with E-state index in [1.807, 2.05) is 17.9 Å². The van der Waals surface area contributed by atoms with Crippen LogP contribution in [0.4, 0.5) is 0 Å². The molecule has 0 amide bonds. The Kier molecular flexibility index (Phi) is 2.18. The normalized spacial score (nSPS) is 10.1. The molecule has 1 rings (SSSR count). The van der Waals surface area contributed by atoms with Gasteiger partial charge in [0.2, 0.25) is 0 Å². The monoisotopic (exact) mass is 206 g/mol. The van der Waals surface area contributed by atoms with E-state index in [1.54, 1.807) is 18.0 Å². The van der Waals surface area contributed by atoms with Gasteiger partial charge >= 0.3 is 0 Å². The van der Waals surface area contributed by atoms with Gasteiger partial charge in [0.15, 0.2) is 5.16 Å². The van der Waals surface area contributed by atoms with Crippen LogP contribution in [-0.4, -0.2) is 15.8 Å². The largest absolute Gasteiger partial charge is 0.317 e. The van der Waals surface area contributed by atoms with Gasteiger partial charge in [-0.1, -0.05) is 11.8 Å². The second kappa shape index (κ2) is 2.75. The molecule has 0 bridgehead atoms. The number of nitrogens with zero attached hydrogens (tertiary/aromatic N) is 2. The Hall–Kier alpha value is 0.0400. The molecular weight excluding hydrogens is 200 g/mol. The van der Waals surface area contributed by atoms with Gasteiger partial charge in [0.1, 0.15) is 4.60 Å². The molecule has 1 heterocycles. The van der Waals surface area contributed by atoms with Crippen LogP contribution in [0.5, 0.6) is 0 Å². The molecule has 0 saturated carbocycles. The molecular formula is C5H7BrN2S. The van der Waals surface area contributed by atoms with Gasteiger partial charge in [-0.3, -0.25) is 0 Å². The van der Waals surface area contributed by atoms with Crippen LogP contribution in [0.2, 0.25) is 0 Å². The zero-order valence-corrected chi connectivity index (χ0v) is 7.66. The molecule has 0 aliphatic heterocycles. The molecule has 0 aliphatic rings. The van der Waals surface area contributed by atoms with E-state index in [2.05, 4.69) is 20.9 Å². The topological polar surface area (TPSA) is 17.8 Å². The zero-order chi connectivity index (χ0) is 6.85. The molecule has 0 aliphatic carbocycles. The molecule has 4 heteroatoms. The molecule has 0 N–H and O–H groups in total. The summed E-state index contributed by atoms with van der Waals surface area (Å²) in [6.07, 6.45) is 3.81. The second-order valence-electron chi connectivity index (χ2n) is 1.63. The third kappa shape index (κ3) is 1.30. The summed E-state index contributed by atoms with van der Waals surface area (Å²) in [6.45, 7) is 0. The van der Waals surface area contributed by atoms with Crippen LogP contribution in [0, 0.1) is 0 Å². The van der Waals surface area contributed by atoms with Gasteiger partial charge in [-0.05, 0) is 22.2 Å². The maximum atomic E-state index is 4.11. The molecule has 9 heavy (non-hydrogen) atoms. The maximum Gasteiger partial charge on any atom is 0.168 e. The number of hydrogen-bond acceptors (Lipinski definition) is 2. The van der Waals surface area contributed by atoms with E-state index in [9.17, 15) is 0 Å². The van der Waals surface area contributed by atoms with Crippen LogP contribution in [0.1, 0.15) is 0 Å². The Morgan fingerprint density at radius 3 is 2.67 bits per heavy atom. The van der Waals surface area contributed by atoms with Gasteiger partial charge in [-0.15, -0.1) is 0 Å². The van der Waals surface area contributed by atoms with E-state index in [-0.39, 0.29) is 0 Å². The predicted molar refractivity (Wildman–Crippen MR) is 42.7 cm³/mol. The summed E-state index contributed by atoms with van der Waals surface area (Å²) in [5.74, 6) is 0. The summed E-state index contributed by atoms with van der Waals surface area (Å²) in [5.41, 5.74) is 0. The summed E-state index contributed by atoms with van der Waals surface area (Å²) in [4.78, 5) is 4.11. The maximum absolute atomic E-state index is 4.11.